The fourth-order valence-electron chi connectivity index (χ4n) is 4.37. The number of aryl methyl sites for hydroxylation is 1. The Balaban J connectivity index is 1.37. The zero-order valence-corrected chi connectivity index (χ0v) is 14.9. The lowest BCUT2D eigenvalue weighted by molar-refractivity contribution is 0.159. The van der Waals surface area contributed by atoms with Crippen LogP contribution in [-0.4, -0.2) is 23.3 Å². The van der Waals surface area contributed by atoms with Crippen LogP contribution in [0.2, 0.25) is 0 Å². The third-order valence-electron chi connectivity index (χ3n) is 5.75. The lowest BCUT2D eigenvalue weighted by Crippen LogP contribution is -2.37. The number of benzene rings is 2. The number of hydrogen-bond donors (Lipinski definition) is 3. The van der Waals surface area contributed by atoms with Gasteiger partial charge in [-0.3, -0.25) is 0 Å². The van der Waals surface area contributed by atoms with E-state index in [2.05, 4.69) is 41.0 Å². The molecule has 0 aromatic heterocycles. The molecule has 0 radical (unpaired) electrons. The predicted octanol–water partition coefficient (Wildman–Crippen LogP) is 3.99. The van der Waals surface area contributed by atoms with Crippen molar-refractivity contribution < 1.29 is 9.90 Å². The molecule has 4 rings (SSSR count). The molecule has 0 spiro atoms. The second kappa shape index (κ2) is 7.50. The molecule has 0 heterocycles. The number of carbonyl (C=O) groups excluding carboxylic acids is 1. The number of aliphatic hydroxyl groups excluding tert-OH is 1. The fourth-order valence-corrected chi connectivity index (χ4v) is 4.37. The number of fused-ring (bicyclic) bond motifs is 1. The van der Waals surface area contributed by atoms with Gasteiger partial charge in [0.15, 0.2) is 0 Å². The summed E-state index contributed by atoms with van der Waals surface area (Å²) in [6.07, 6.45) is 5.09. The molecule has 3 N–H and O–H groups in total. The standard InChI is InChI=1S/C22H26N2O2/c25-19-12-10-16-7-4-8-21(20(16)14-19)24-22(26)23-18-11-9-17(13-18)15-5-2-1-3-6-15/h1-8,17-19,25H,9-14H2,(H2,23,24,26)/t17-,18-,19-/m1/s1. The van der Waals surface area contributed by atoms with Crippen molar-refractivity contribution in [3.63, 3.8) is 0 Å². The number of urea groups is 1. The summed E-state index contributed by atoms with van der Waals surface area (Å²) in [5.74, 6) is 0.529. The summed E-state index contributed by atoms with van der Waals surface area (Å²) in [6.45, 7) is 0. The monoisotopic (exact) mass is 350 g/mol. The maximum Gasteiger partial charge on any atom is 0.319 e. The van der Waals surface area contributed by atoms with E-state index in [1.807, 2.05) is 18.2 Å². The van der Waals surface area contributed by atoms with Crippen LogP contribution in [0.4, 0.5) is 10.5 Å². The van der Waals surface area contributed by atoms with Gasteiger partial charge in [-0.1, -0.05) is 42.5 Å². The molecule has 26 heavy (non-hydrogen) atoms. The lowest BCUT2D eigenvalue weighted by atomic mass is 9.88. The van der Waals surface area contributed by atoms with Crippen molar-refractivity contribution in [3.05, 3.63) is 65.2 Å². The largest absolute Gasteiger partial charge is 0.393 e. The highest BCUT2D eigenvalue weighted by Gasteiger charge is 2.27. The molecule has 4 nitrogen and oxygen atoms in total. The van der Waals surface area contributed by atoms with E-state index in [4.69, 9.17) is 0 Å². The van der Waals surface area contributed by atoms with Gasteiger partial charge >= 0.3 is 6.03 Å². The van der Waals surface area contributed by atoms with Gasteiger partial charge in [0, 0.05) is 18.2 Å². The zero-order chi connectivity index (χ0) is 17.9. The summed E-state index contributed by atoms with van der Waals surface area (Å²) >= 11 is 0. The molecule has 2 amide bonds. The highest BCUT2D eigenvalue weighted by Crippen LogP contribution is 2.34. The van der Waals surface area contributed by atoms with Gasteiger partial charge in [-0.15, -0.1) is 0 Å². The number of aliphatic hydroxyl groups is 1. The first-order valence-corrected chi connectivity index (χ1v) is 9.60. The molecule has 2 aliphatic carbocycles. The average Bonchev–Trinajstić information content (AvgIpc) is 3.11. The highest BCUT2D eigenvalue weighted by molar-refractivity contribution is 5.90. The van der Waals surface area contributed by atoms with Gasteiger partial charge in [0.2, 0.25) is 0 Å². The van der Waals surface area contributed by atoms with Gasteiger partial charge in [0.25, 0.3) is 0 Å². The van der Waals surface area contributed by atoms with Crippen molar-refractivity contribution >= 4 is 11.7 Å². The minimum absolute atomic E-state index is 0.142. The summed E-state index contributed by atoms with van der Waals surface area (Å²) in [5.41, 5.74) is 4.51. The number of hydrogen-bond acceptors (Lipinski definition) is 2. The molecule has 1 saturated carbocycles. The van der Waals surface area contributed by atoms with Gasteiger partial charge in [0.1, 0.15) is 0 Å². The van der Waals surface area contributed by atoms with E-state index in [-0.39, 0.29) is 18.2 Å². The second-order valence-electron chi connectivity index (χ2n) is 7.56. The molecule has 1 fully saturated rings. The Morgan fingerprint density at radius 1 is 1.00 bits per heavy atom. The SMILES string of the molecule is O=C(Nc1cccc2c1C[C@H](O)CC2)N[C@@H]1CC[C@@H](c2ccccc2)C1. The summed E-state index contributed by atoms with van der Waals surface area (Å²) in [4.78, 5) is 12.5. The third kappa shape index (κ3) is 3.75. The summed E-state index contributed by atoms with van der Waals surface area (Å²) in [5, 5.41) is 16.1. The summed E-state index contributed by atoms with van der Waals surface area (Å²) in [6, 6.07) is 16.6. The average molecular weight is 350 g/mol. The molecule has 2 aromatic rings. The van der Waals surface area contributed by atoms with E-state index in [0.717, 1.165) is 43.4 Å². The number of rotatable bonds is 3. The molecule has 2 aliphatic rings. The molecule has 4 heteroatoms. The molecule has 0 aliphatic heterocycles. The normalized spacial score (nSPS) is 24.7. The highest BCUT2D eigenvalue weighted by atomic mass is 16.3. The number of nitrogens with one attached hydrogen (secondary N) is 2. The van der Waals surface area contributed by atoms with Crippen LogP contribution in [0.25, 0.3) is 0 Å². The van der Waals surface area contributed by atoms with E-state index in [1.54, 1.807) is 0 Å². The maximum atomic E-state index is 12.5. The molecular formula is C22H26N2O2. The minimum atomic E-state index is -0.310. The number of carbonyl (C=O) groups is 1. The summed E-state index contributed by atoms with van der Waals surface area (Å²) < 4.78 is 0. The molecule has 3 atom stereocenters. The van der Waals surface area contributed by atoms with Gasteiger partial charge in [-0.05, 0) is 60.8 Å². The van der Waals surface area contributed by atoms with Crippen LogP contribution in [0.3, 0.4) is 0 Å². The molecular weight excluding hydrogens is 324 g/mol. The Kier molecular flexibility index (Phi) is 4.93. The lowest BCUT2D eigenvalue weighted by Gasteiger charge is -2.24. The Labute approximate surface area is 154 Å². The molecule has 0 saturated heterocycles. The van der Waals surface area contributed by atoms with E-state index in [0.29, 0.717) is 12.3 Å². The number of amides is 2. The fraction of sp³-hybridized carbons (Fsp3) is 0.409. The predicted molar refractivity (Wildman–Crippen MR) is 103 cm³/mol. The first-order chi connectivity index (χ1) is 12.7. The van der Waals surface area contributed by atoms with Crippen LogP contribution in [-0.2, 0) is 12.8 Å². The van der Waals surface area contributed by atoms with Crippen molar-refractivity contribution in [2.75, 3.05) is 5.32 Å². The Morgan fingerprint density at radius 3 is 2.69 bits per heavy atom. The van der Waals surface area contributed by atoms with Gasteiger partial charge in [-0.2, -0.15) is 0 Å². The second-order valence-corrected chi connectivity index (χ2v) is 7.56. The van der Waals surface area contributed by atoms with Crippen molar-refractivity contribution in [2.24, 2.45) is 0 Å². The summed E-state index contributed by atoms with van der Waals surface area (Å²) in [7, 11) is 0. The number of anilines is 1. The third-order valence-corrected chi connectivity index (χ3v) is 5.75. The van der Waals surface area contributed by atoms with E-state index in [9.17, 15) is 9.90 Å². The van der Waals surface area contributed by atoms with Crippen LogP contribution < -0.4 is 10.6 Å². The van der Waals surface area contributed by atoms with E-state index >= 15 is 0 Å². The Hall–Kier alpha value is -2.33. The Bertz CT molecular complexity index is 775. The van der Waals surface area contributed by atoms with E-state index in [1.165, 1.54) is 11.1 Å². The van der Waals surface area contributed by atoms with E-state index < -0.39 is 0 Å². The Morgan fingerprint density at radius 2 is 1.85 bits per heavy atom. The van der Waals surface area contributed by atoms with Gasteiger partial charge in [0.05, 0.1) is 6.10 Å². The maximum absolute atomic E-state index is 12.5. The molecule has 136 valence electrons. The zero-order valence-electron chi connectivity index (χ0n) is 14.9. The van der Waals surface area contributed by atoms with Crippen LogP contribution in [0.1, 0.15) is 48.3 Å². The smallest absolute Gasteiger partial charge is 0.319 e. The molecule has 0 unspecified atom stereocenters. The quantitative estimate of drug-likeness (QED) is 0.784. The van der Waals surface area contributed by atoms with Crippen molar-refractivity contribution in [1.82, 2.24) is 5.32 Å². The topological polar surface area (TPSA) is 61.4 Å². The van der Waals surface area contributed by atoms with Gasteiger partial charge in [-0.25, -0.2) is 4.79 Å². The van der Waals surface area contributed by atoms with Crippen LogP contribution in [0.5, 0.6) is 0 Å². The minimum Gasteiger partial charge on any atom is -0.393 e. The van der Waals surface area contributed by atoms with Crippen LogP contribution >= 0.6 is 0 Å². The van der Waals surface area contributed by atoms with Crippen molar-refractivity contribution in [3.8, 4) is 0 Å². The van der Waals surface area contributed by atoms with Crippen molar-refractivity contribution in [1.29, 1.82) is 0 Å². The first kappa shape index (κ1) is 17.1. The van der Waals surface area contributed by atoms with Crippen molar-refractivity contribution in [2.45, 2.75) is 56.6 Å². The van der Waals surface area contributed by atoms with Gasteiger partial charge < -0.3 is 15.7 Å². The van der Waals surface area contributed by atoms with Crippen LogP contribution in [0.15, 0.2) is 48.5 Å². The van der Waals surface area contributed by atoms with Crippen LogP contribution in [0, 0.1) is 0 Å². The molecule has 2 aromatic carbocycles. The molecule has 0 bridgehead atoms. The first-order valence-electron chi connectivity index (χ1n) is 9.60.